The highest BCUT2D eigenvalue weighted by molar-refractivity contribution is 5.88. The van der Waals surface area contributed by atoms with Gasteiger partial charge in [-0.15, -0.1) is 0 Å². The van der Waals surface area contributed by atoms with E-state index in [1.807, 2.05) is 0 Å². The lowest BCUT2D eigenvalue weighted by Crippen LogP contribution is -2.61. The number of likely N-dealkylation sites (tertiary alicyclic amines) is 1. The van der Waals surface area contributed by atoms with Crippen molar-refractivity contribution in [2.45, 2.75) is 24.9 Å². The molecule has 4 nitrogen and oxygen atoms in total. The number of halogens is 5. The van der Waals surface area contributed by atoms with Gasteiger partial charge in [0, 0.05) is 26.1 Å². The summed E-state index contributed by atoms with van der Waals surface area (Å²) in [6.07, 6.45) is -6.34. The van der Waals surface area contributed by atoms with Crippen LogP contribution in [-0.2, 0) is 9.59 Å². The van der Waals surface area contributed by atoms with Crippen molar-refractivity contribution in [1.82, 2.24) is 10.2 Å². The molecule has 2 rings (SSSR count). The lowest BCUT2D eigenvalue weighted by Gasteiger charge is -2.43. The molecule has 2 heterocycles. The molecule has 108 valence electrons. The zero-order chi connectivity index (χ0) is 14.5. The molecule has 1 N–H and O–H groups in total. The largest absolute Gasteiger partial charge is 0.471 e. The fraction of sp³-hybridized carbons (Fsp3) is 0.800. The summed E-state index contributed by atoms with van der Waals surface area (Å²) < 4.78 is 64.7. The fourth-order valence-corrected chi connectivity index (χ4v) is 2.56. The zero-order valence-electron chi connectivity index (χ0n) is 9.69. The third-order valence-electron chi connectivity index (χ3n) is 3.66. The molecule has 0 aromatic carbocycles. The van der Waals surface area contributed by atoms with E-state index in [1.54, 1.807) is 0 Å². The van der Waals surface area contributed by atoms with Crippen molar-refractivity contribution in [1.29, 1.82) is 0 Å². The first-order valence-electron chi connectivity index (χ1n) is 5.62. The number of hydrogen-bond acceptors (Lipinski definition) is 2. The number of nitrogens with one attached hydrogen (secondary N) is 1. The third-order valence-corrected chi connectivity index (χ3v) is 3.66. The molecule has 2 saturated heterocycles. The van der Waals surface area contributed by atoms with Crippen LogP contribution in [-0.4, -0.2) is 48.4 Å². The number of carbonyl (C=O) groups excluding carboxylic acids is 2. The average molecular weight is 286 g/mol. The fourth-order valence-electron chi connectivity index (χ4n) is 2.56. The predicted octanol–water partition coefficient (Wildman–Crippen LogP) is 0.923. The Balaban J connectivity index is 2.28. The van der Waals surface area contributed by atoms with Crippen molar-refractivity contribution in [3.8, 4) is 0 Å². The maximum Gasteiger partial charge on any atom is 0.471 e. The van der Waals surface area contributed by atoms with E-state index in [2.05, 4.69) is 5.32 Å². The third kappa shape index (κ3) is 2.04. The van der Waals surface area contributed by atoms with Crippen LogP contribution in [0.5, 0.6) is 0 Å². The van der Waals surface area contributed by atoms with E-state index in [-0.39, 0.29) is 13.0 Å². The molecule has 2 aliphatic rings. The molecule has 0 saturated carbocycles. The summed E-state index contributed by atoms with van der Waals surface area (Å²) in [6.45, 7) is -1.63. The normalized spacial score (nSPS) is 30.6. The topological polar surface area (TPSA) is 49.4 Å². The Hall–Kier alpha value is -1.41. The van der Waals surface area contributed by atoms with Crippen molar-refractivity contribution in [2.75, 3.05) is 19.6 Å². The molecule has 0 aromatic rings. The zero-order valence-corrected chi connectivity index (χ0v) is 9.69. The minimum Gasteiger partial charge on any atom is -0.355 e. The standard InChI is InChI=1S/C10H11F5N2O2/c11-9(12)2-4-17(7(19)10(13,14)15)5-8(9)1-3-16-6(8)18/h1-5H2,(H,16,18). The first-order chi connectivity index (χ1) is 8.60. The van der Waals surface area contributed by atoms with Gasteiger partial charge in [-0.2, -0.15) is 13.2 Å². The highest BCUT2D eigenvalue weighted by Gasteiger charge is 2.64. The monoisotopic (exact) mass is 286 g/mol. The van der Waals surface area contributed by atoms with Crippen molar-refractivity contribution in [2.24, 2.45) is 5.41 Å². The second-order valence-electron chi connectivity index (χ2n) is 4.77. The molecule has 1 atom stereocenters. The molecule has 2 fully saturated rings. The van der Waals surface area contributed by atoms with Crippen LogP contribution in [0.1, 0.15) is 12.8 Å². The predicted molar refractivity (Wildman–Crippen MR) is 52.3 cm³/mol. The summed E-state index contributed by atoms with van der Waals surface area (Å²) in [5.74, 6) is -6.57. The summed E-state index contributed by atoms with van der Waals surface area (Å²) in [5, 5.41) is 2.20. The Morgan fingerprint density at radius 2 is 1.89 bits per heavy atom. The molecule has 0 bridgehead atoms. The maximum absolute atomic E-state index is 13.9. The van der Waals surface area contributed by atoms with E-state index in [0.717, 1.165) is 0 Å². The van der Waals surface area contributed by atoms with Gasteiger partial charge >= 0.3 is 12.1 Å². The average Bonchev–Trinajstić information content (AvgIpc) is 2.64. The van der Waals surface area contributed by atoms with Crippen molar-refractivity contribution in [3.05, 3.63) is 0 Å². The second-order valence-corrected chi connectivity index (χ2v) is 4.77. The van der Waals surface area contributed by atoms with Gasteiger partial charge in [0.25, 0.3) is 5.92 Å². The van der Waals surface area contributed by atoms with E-state index in [9.17, 15) is 31.5 Å². The smallest absolute Gasteiger partial charge is 0.355 e. The lowest BCUT2D eigenvalue weighted by atomic mass is 9.75. The molecule has 2 amide bonds. The quantitative estimate of drug-likeness (QED) is 0.673. The van der Waals surface area contributed by atoms with Gasteiger partial charge in [0.15, 0.2) is 0 Å². The van der Waals surface area contributed by atoms with Crippen molar-refractivity contribution in [3.63, 3.8) is 0 Å². The van der Waals surface area contributed by atoms with Gasteiger partial charge in [-0.3, -0.25) is 9.59 Å². The minimum atomic E-state index is -5.12. The molecule has 19 heavy (non-hydrogen) atoms. The van der Waals surface area contributed by atoms with Gasteiger partial charge in [-0.05, 0) is 6.42 Å². The van der Waals surface area contributed by atoms with Gasteiger partial charge < -0.3 is 10.2 Å². The van der Waals surface area contributed by atoms with E-state index >= 15 is 0 Å². The Morgan fingerprint density at radius 1 is 1.26 bits per heavy atom. The molecule has 0 radical (unpaired) electrons. The number of nitrogens with zero attached hydrogens (tertiary/aromatic N) is 1. The summed E-state index contributed by atoms with van der Waals surface area (Å²) in [6, 6.07) is 0. The number of amides is 2. The summed E-state index contributed by atoms with van der Waals surface area (Å²) in [7, 11) is 0. The van der Waals surface area contributed by atoms with Crippen LogP contribution >= 0.6 is 0 Å². The lowest BCUT2D eigenvalue weighted by molar-refractivity contribution is -0.204. The Kier molecular flexibility index (Phi) is 2.98. The van der Waals surface area contributed by atoms with Crippen LogP contribution in [0.15, 0.2) is 0 Å². The van der Waals surface area contributed by atoms with Crippen molar-refractivity contribution < 1.29 is 31.5 Å². The molecular formula is C10H11F5N2O2. The van der Waals surface area contributed by atoms with Crippen LogP contribution in [0.2, 0.25) is 0 Å². The van der Waals surface area contributed by atoms with Crippen LogP contribution in [0.3, 0.4) is 0 Å². The van der Waals surface area contributed by atoms with E-state index in [1.165, 1.54) is 0 Å². The summed E-state index contributed by atoms with van der Waals surface area (Å²) in [5.41, 5.74) is -2.23. The van der Waals surface area contributed by atoms with Crippen molar-refractivity contribution >= 4 is 11.8 Å². The van der Waals surface area contributed by atoms with Gasteiger partial charge in [-0.1, -0.05) is 0 Å². The first kappa shape index (κ1) is 14.0. The summed E-state index contributed by atoms with van der Waals surface area (Å²) >= 11 is 0. The number of carbonyl (C=O) groups is 2. The van der Waals surface area contributed by atoms with Crippen LogP contribution in [0, 0.1) is 5.41 Å². The van der Waals surface area contributed by atoms with E-state index < -0.39 is 48.8 Å². The number of alkyl halides is 5. The molecular weight excluding hydrogens is 275 g/mol. The summed E-state index contributed by atoms with van der Waals surface area (Å²) in [4.78, 5) is 23.0. The Labute approximate surface area is 104 Å². The molecule has 2 aliphatic heterocycles. The number of rotatable bonds is 0. The molecule has 1 unspecified atom stereocenters. The SMILES string of the molecule is O=C(N1CCC(F)(F)C2(CCNC2=O)C1)C(F)(F)F. The molecule has 1 spiro atoms. The van der Waals surface area contributed by atoms with Gasteiger partial charge in [0.05, 0.1) is 0 Å². The van der Waals surface area contributed by atoms with Crippen LogP contribution in [0.25, 0.3) is 0 Å². The molecule has 0 aromatic heterocycles. The number of piperidine rings is 1. The van der Waals surface area contributed by atoms with Crippen LogP contribution in [0.4, 0.5) is 22.0 Å². The highest BCUT2D eigenvalue weighted by atomic mass is 19.4. The molecule has 9 heteroatoms. The number of hydrogen-bond donors (Lipinski definition) is 1. The van der Waals surface area contributed by atoms with E-state index in [4.69, 9.17) is 0 Å². The van der Waals surface area contributed by atoms with E-state index in [0.29, 0.717) is 4.90 Å². The molecule has 0 aliphatic carbocycles. The van der Waals surface area contributed by atoms with Gasteiger partial charge in [0.2, 0.25) is 5.91 Å². The van der Waals surface area contributed by atoms with Gasteiger partial charge in [0.1, 0.15) is 5.41 Å². The Morgan fingerprint density at radius 3 is 2.37 bits per heavy atom. The maximum atomic E-state index is 13.9. The highest BCUT2D eigenvalue weighted by Crippen LogP contribution is 2.48. The minimum absolute atomic E-state index is 0.0253. The first-order valence-corrected chi connectivity index (χ1v) is 5.62. The Bertz CT molecular complexity index is 423. The second kappa shape index (κ2) is 4.04. The van der Waals surface area contributed by atoms with Crippen LogP contribution < -0.4 is 5.32 Å². The van der Waals surface area contributed by atoms with Gasteiger partial charge in [-0.25, -0.2) is 8.78 Å².